The highest BCUT2D eigenvalue weighted by Crippen LogP contribution is 2.40. The largest absolute Gasteiger partial charge is 0.388 e. The Hall–Kier alpha value is -0.410. The van der Waals surface area contributed by atoms with E-state index in [-0.39, 0.29) is 11.7 Å². The van der Waals surface area contributed by atoms with Crippen LogP contribution in [-0.2, 0) is 0 Å². The van der Waals surface area contributed by atoms with Crippen LogP contribution in [0.5, 0.6) is 0 Å². The highest BCUT2D eigenvalue weighted by Gasteiger charge is 2.31. The molecule has 1 aliphatic carbocycles. The Morgan fingerprint density at radius 2 is 2.00 bits per heavy atom. The molecule has 3 heteroatoms. The lowest BCUT2D eigenvalue weighted by atomic mass is 9.73. The molecule has 0 bridgehead atoms. The zero-order valence-corrected chi connectivity index (χ0v) is 12.5. The number of hydrogen-bond acceptors (Lipinski definition) is 1. The molecular formula is C15H20BrFO. The summed E-state index contributed by atoms with van der Waals surface area (Å²) >= 11 is 3.33. The Morgan fingerprint density at radius 3 is 2.67 bits per heavy atom. The number of benzene rings is 1. The molecule has 1 N–H and O–H groups in total. The van der Waals surface area contributed by atoms with Crippen molar-refractivity contribution in [1.29, 1.82) is 0 Å². The van der Waals surface area contributed by atoms with Crippen molar-refractivity contribution >= 4 is 15.9 Å². The molecule has 0 aliphatic heterocycles. The first-order chi connectivity index (χ1) is 8.49. The van der Waals surface area contributed by atoms with E-state index >= 15 is 0 Å². The van der Waals surface area contributed by atoms with Crippen LogP contribution in [0.25, 0.3) is 0 Å². The summed E-state index contributed by atoms with van der Waals surface area (Å²) in [6, 6.07) is 4.78. The van der Waals surface area contributed by atoms with Gasteiger partial charge in [-0.15, -0.1) is 0 Å². The Kier molecular flexibility index (Phi) is 4.44. The number of hydrogen-bond donors (Lipinski definition) is 1. The van der Waals surface area contributed by atoms with Gasteiger partial charge in [-0.1, -0.05) is 36.2 Å². The van der Waals surface area contributed by atoms with Crippen molar-refractivity contribution in [3.05, 3.63) is 34.1 Å². The van der Waals surface area contributed by atoms with Crippen molar-refractivity contribution < 1.29 is 9.50 Å². The summed E-state index contributed by atoms with van der Waals surface area (Å²) in [5.74, 6) is 1.19. The van der Waals surface area contributed by atoms with Gasteiger partial charge in [0.2, 0.25) is 0 Å². The van der Waals surface area contributed by atoms with Crippen LogP contribution in [0, 0.1) is 23.6 Å². The van der Waals surface area contributed by atoms with Crippen LogP contribution in [0.3, 0.4) is 0 Å². The molecule has 4 atom stereocenters. The van der Waals surface area contributed by atoms with Gasteiger partial charge in [0, 0.05) is 10.0 Å². The third-order valence-corrected chi connectivity index (χ3v) is 4.86. The monoisotopic (exact) mass is 314 g/mol. The molecule has 0 heterocycles. The summed E-state index contributed by atoms with van der Waals surface area (Å²) in [5.41, 5.74) is 0.427. The highest BCUT2D eigenvalue weighted by atomic mass is 79.9. The fraction of sp³-hybridized carbons (Fsp3) is 0.600. The summed E-state index contributed by atoms with van der Waals surface area (Å²) in [6.45, 7) is 4.48. The van der Waals surface area contributed by atoms with E-state index in [4.69, 9.17) is 0 Å². The van der Waals surface area contributed by atoms with Gasteiger partial charge in [0.05, 0.1) is 6.10 Å². The van der Waals surface area contributed by atoms with E-state index in [0.717, 1.165) is 23.7 Å². The Balaban J connectivity index is 2.16. The fourth-order valence-electron chi connectivity index (χ4n) is 2.87. The van der Waals surface area contributed by atoms with E-state index in [1.54, 1.807) is 12.1 Å². The summed E-state index contributed by atoms with van der Waals surface area (Å²) in [5, 5.41) is 10.4. The van der Waals surface area contributed by atoms with Gasteiger partial charge in [0.15, 0.2) is 0 Å². The molecule has 1 nitrogen and oxygen atoms in total. The van der Waals surface area contributed by atoms with Crippen molar-refractivity contribution in [2.24, 2.45) is 17.8 Å². The second kappa shape index (κ2) is 5.70. The van der Waals surface area contributed by atoms with E-state index in [1.165, 1.54) is 6.07 Å². The maximum atomic E-state index is 13.8. The fourth-order valence-corrected chi connectivity index (χ4v) is 3.25. The van der Waals surface area contributed by atoms with Crippen molar-refractivity contribution in [2.45, 2.75) is 39.2 Å². The lowest BCUT2D eigenvalue weighted by molar-refractivity contribution is 0.0536. The number of aliphatic hydroxyl groups is 1. The Labute approximate surface area is 117 Å². The van der Waals surface area contributed by atoms with Gasteiger partial charge in [-0.25, -0.2) is 4.39 Å². The smallest absolute Gasteiger partial charge is 0.129 e. The second-order valence-corrected chi connectivity index (χ2v) is 6.55. The van der Waals surface area contributed by atoms with Crippen molar-refractivity contribution in [3.63, 3.8) is 0 Å². The Bertz CT molecular complexity index is 421. The molecule has 1 saturated carbocycles. The first kappa shape index (κ1) is 14.0. The third kappa shape index (κ3) is 2.94. The standard InChI is InChI=1S/C15H20BrFO/c1-9-3-4-11(7-10(9)2)15(18)13-8-12(16)5-6-14(13)17/h5-6,8-11,15,18H,3-4,7H2,1-2H3. The molecule has 100 valence electrons. The second-order valence-electron chi connectivity index (χ2n) is 5.64. The maximum Gasteiger partial charge on any atom is 0.129 e. The molecule has 0 aromatic heterocycles. The quantitative estimate of drug-likeness (QED) is 0.839. The van der Waals surface area contributed by atoms with E-state index in [0.29, 0.717) is 17.4 Å². The van der Waals surface area contributed by atoms with E-state index in [9.17, 15) is 9.50 Å². The average Bonchev–Trinajstić information content (AvgIpc) is 2.35. The van der Waals surface area contributed by atoms with Crippen LogP contribution in [0.15, 0.2) is 22.7 Å². The summed E-state index contributed by atoms with van der Waals surface area (Å²) < 4.78 is 14.6. The number of rotatable bonds is 2. The molecular weight excluding hydrogens is 295 g/mol. The van der Waals surface area contributed by atoms with Crippen molar-refractivity contribution in [1.82, 2.24) is 0 Å². The zero-order chi connectivity index (χ0) is 13.3. The molecule has 0 spiro atoms. The number of halogens is 2. The minimum absolute atomic E-state index is 0.181. The molecule has 1 aliphatic rings. The topological polar surface area (TPSA) is 20.2 Å². The molecule has 2 rings (SSSR count). The van der Waals surface area contributed by atoms with Crippen molar-refractivity contribution in [2.75, 3.05) is 0 Å². The van der Waals surface area contributed by atoms with Gasteiger partial charge in [-0.2, -0.15) is 0 Å². The SMILES string of the molecule is CC1CCC(C(O)c2cc(Br)ccc2F)CC1C. The van der Waals surface area contributed by atoms with Crippen LogP contribution in [-0.4, -0.2) is 5.11 Å². The molecule has 18 heavy (non-hydrogen) atoms. The molecule has 0 amide bonds. The average molecular weight is 315 g/mol. The van der Waals surface area contributed by atoms with Gasteiger partial charge in [0.1, 0.15) is 5.82 Å². The first-order valence-corrected chi connectivity index (χ1v) is 7.41. The minimum Gasteiger partial charge on any atom is -0.388 e. The van der Waals surface area contributed by atoms with E-state index in [1.807, 2.05) is 0 Å². The molecule has 1 aromatic carbocycles. The predicted octanol–water partition coefficient (Wildman–Crippen LogP) is 4.69. The molecule has 1 aromatic rings. The van der Waals surface area contributed by atoms with Gasteiger partial charge in [-0.3, -0.25) is 0 Å². The van der Waals surface area contributed by atoms with Gasteiger partial charge >= 0.3 is 0 Å². The summed E-state index contributed by atoms with van der Waals surface area (Å²) in [7, 11) is 0. The lowest BCUT2D eigenvalue weighted by Crippen LogP contribution is -2.25. The Morgan fingerprint density at radius 1 is 1.28 bits per heavy atom. The van der Waals surface area contributed by atoms with Gasteiger partial charge < -0.3 is 5.11 Å². The third-order valence-electron chi connectivity index (χ3n) is 4.36. The predicted molar refractivity (Wildman–Crippen MR) is 74.7 cm³/mol. The van der Waals surface area contributed by atoms with E-state index < -0.39 is 6.10 Å². The van der Waals surface area contributed by atoms with Crippen LogP contribution in [0.2, 0.25) is 0 Å². The van der Waals surface area contributed by atoms with Crippen LogP contribution in [0.4, 0.5) is 4.39 Å². The molecule has 4 unspecified atom stereocenters. The highest BCUT2D eigenvalue weighted by molar-refractivity contribution is 9.10. The molecule has 1 fully saturated rings. The maximum absolute atomic E-state index is 13.8. The van der Waals surface area contributed by atoms with Gasteiger partial charge in [0.25, 0.3) is 0 Å². The van der Waals surface area contributed by atoms with Crippen LogP contribution < -0.4 is 0 Å². The normalized spacial score (nSPS) is 30.2. The minimum atomic E-state index is -0.683. The van der Waals surface area contributed by atoms with Crippen molar-refractivity contribution in [3.8, 4) is 0 Å². The zero-order valence-electron chi connectivity index (χ0n) is 10.9. The first-order valence-electron chi connectivity index (χ1n) is 6.62. The molecule has 0 saturated heterocycles. The summed E-state index contributed by atoms with van der Waals surface area (Å²) in [6.07, 6.45) is 2.41. The number of aliphatic hydroxyl groups excluding tert-OH is 1. The van der Waals surface area contributed by atoms with E-state index in [2.05, 4.69) is 29.8 Å². The van der Waals surface area contributed by atoms with Gasteiger partial charge in [-0.05, 0) is 48.8 Å². The lowest BCUT2D eigenvalue weighted by Gasteiger charge is -2.34. The van der Waals surface area contributed by atoms with Crippen LogP contribution >= 0.6 is 15.9 Å². The summed E-state index contributed by atoms with van der Waals surface area (Å²) in [4.78, 5) is 0. The van der Waals surface area contributed by atoms with Crippen LogP contribution in [0.1, 0.15) is 44.8 Å². The molecule has 0 radical (unpaired) electrons.